The van der Waals surface area contributed by atoms with Crippen molar-refractivity contribution < 1.29 is 23.9 Å². The highest BCUT2D eigenvalue weighted by atomic mass is 16.5. The monoisotopic (exact) mass is 433 g/mol. The zero-order valence-corrected chi connectivity index (χ0v) is 17.8. The number of amides is 1. The van der Waals surface area contributed by atoms with Gasteiger partial charge in [0.15, 0.2) is 12.4 Å². The molecule has 1 amide bonds. The Morgan fingerprint density at radius 3 is 2.28 bits per heavy atom. The van der Waals surface area contributed by atoms with Crippen LogP contribution in [0.25, 0.3) is 0 Å². The number of esters is 1. The Balaban J connectivity index is 1.63. The molecule has 164 valence electrons. The molecule has 8 heteroatoms. The Morgan fingerprint density at radius 1 is 0.938 bits per heavy atom. The molecule has 0 atom stereocenters. The van der Waals surface area contributed by atoms with E-state index in [4.69, 9.17) is 9.47 Å². The summed E-state index contributed by atoms with van der Waals surface area (Å²) in [5, 5.41) is 5.70. The van der Waals surface area contributed by atoms with Gasteiger partial charge in [-0.2, -0.15) is 0 Å². The third-order valence-electron chi connectivity index (χ3n) is 4.32. The first-order chi connectivity index (χ1) is 15.5. The Hall–Kier alpha value is -4.20. The van der Waals surface area contributed by atoms with Crippen molar-refractivity contribution >= 4 is 34.9 Å². The van der Waals surface area contributed by atoms with Crippen molar-refractivity contribution in [2.75, 3.05) is 23.8 Å². The van der Waals surface area contributed by atoms with Gasteiger partial charge >= 0.3 is 5.97 Å². The fourth-order valence-electron chi connectivity index (χ4n) is 2.84. The van der Waals surface area contributed by atoms with Gasteiger partial charge in [-0.3, -0.25) is 9.59 Å². The molecule has 8 nitrogen and oxygen atoms in total. The van der Waals surface area contributed by atoms with E-state index >= 15 is 0 Å². The van der Waals surface area contributed by atoms with E-state index in [0.717, 1.165) is 11.4 Å². The third-order valence-corrected chi connectivity index (χ3v) is 4.32. The summed E-state index contributed by atoms with van der Waals surface area (Å²) in [6.45, 7) is 3.45. The maximum atomic E-state index is 12.6. The Kier molecular flexibility index (Phi) is 7.53. The fourth-order valence-corrected chi connectivity index (χ4v) is 2.84. The second-order valence-corrected chi connectivity index (χ2v) is 6.74. The van der Waals surface area contributed by atoms with Gasteiger partial charge in [0.2, 0.25) is 5.91 Å². The van der Waals surface area contributed by atoms with Crippen LogP contribution in [0.3, 0.4) is 0 Å². The quantitative estimate of drug-likeness (QED) is 0.384. The molecule has 0 spiro atoms. The van der Waals surface area contributed by atoms with Gasteiger partial charge in [-0.25, -0.2) is 9.78 Å². The highest BCUT2D eigenvalue weighted by molar-refractivity contribution is 6.01. The lowest BCUT2D eigenvalue weighted by molar-refractivity contribution is -0.114. The summed E-state index contributed by atoms with van der Waals surface area (Å²) in [5.41, 5.74) is 1.86. The number of carbonyl (C=O) groups excluding carboxylic acids is 3. The molecule has 1 heterocycles. The minimum atomic E-state index is -0.672. The number of nitrogens with zero attached hydrogens (tertiary/aromatic N) is 1. The van der Waals surface area contributed by atoms with Crippen molar-refractivity contribution in [3.63, 3.8) is 0 Å². The Morgan fingerprint density at radius 2 is 1.62 bits per heavy atom. The van der Waals surface area contributed by atoms with Crippen LogP contribution in [-0.2, 0) is 9.53 Å². The minimum absolute atomic E-state index is 0.204. The summed E-state index contributed by atoms with van der Waals surface area (Å²) in [5.74, 6) is -0.187. The van der Waals surface area contributed by atoms with E-state index in [0.29, 0.717) is 23.7 Å². The molecule has 0 saturated carbocycles. The number of benzene rings is 2. The summed E-state index contributed by atoms with van der Waals surface area (Å²) in [6, 6.07) is 16.8. The largest absolute Gasteiger partial charge is 0.494 e. The molecule has 3 aromatic rings. The highest BCUT2D eigenvalue weighted by Gasteiger charge is 2.16. The van der Waals surface area contributed by atoms with Gasteiger partial charge in [0.1, 0.15) is 17.1 Å². The normalized spacial score (nSPS) is 10.2. The Labute approximate surface area is 185 Å². The van der Waals surface area contributed by atoms with Crippen molar-refractivity contribution in [1.82, 2.24) is 4.98 Å². The first kappa shape index (κ1) is 22.5. The van der Waals surface area contributed by atoms with Gasteiger partial charge in [0.05, 0.1) is 6.61 Å². The predicted molar refractivity (Wildman–Crippen MR) is 120 cm³/mol. The number of ether oxygens (including phenoxy) is 2. The third kappa shape index (κ3) is 6.15. The molecule has 0 saturated heterocycles. The van der Waals surface area contributed by atoms with Gasteiger partial charge in [0, 0.05) is 30.1 Å². The van der Waals surface area contributed by atoms with E-state index < -0.39 is 12.6 Å². The first-order valence-corrected chi connectivity index (χ1v) is 9.99. The molecule has 1 aromatic heterocycles. The van der Waals surface area contributed by atoms with Crippen LogP contribution in [0.5, 0.6) is 5.75 Å². The fraction of sp³-hybridized carbons (Fsp3) is 0.167. The molecule has 0 aliphatic carbocycles. The van der Waals surface area contributed by atoms with E-state index in [-0.39, 0.29) is 17.3 Å². The zero-order valence-electron chi connectivity index (χ0n) is 17.8. The van der Waals surface area contributed by atoms with Gasteiger partial charge in [-0.05, 0) is 67.6 Å². The molecule has 0 fully saturated rings. The number of rotatable bonds is 9. The van der Waals surface area contributed by atoms with Crippen LogP contribution in [0.4, 0.5) is 17.2 Å². The van der Waals surface area contributed by atoms with Crippen molar-refractivity contribution in [2.24, 2.45) is 0 Å². The smallest absolute Gasteiger partial charge is 0.342 e. The first-order valence-electron chi connectivity index (χ1n) is 9.99. The molecule has 32 heavy (non-hydrogen) atoms. The highest BCUT2D eigenvalue weighted by Crippen LogP contribution is 2.22. The number of nitrogens with one attached hydrogen (secondary N) is 2. The van der Waals surface area contributed by atoms with E-state index in [1.165, 1.54) is 6.92 Å². The van der Waals surface area contributed by atoms with E-state index in [2.05, 4.69) is 15.6 Å². The standard InChI is InChI=1S/C24H23N3O5/c1-3-31-20-12-10-19(11-13-20)27-23-21(5-4-14-25-23)24(30)32-15-22(29)17-6-8-18(9-7-17)26-16(2)28/h4-14H,3,15H2,1-2H3,(H,25,27)(H,26,28). The molecule has 0 bridgehead atoms. The van der Waals surface area contributed by atoms with Gasteiger partial charge in [-0.1, -0.05) is 0 Å². The number of hydrogen-bond acceptors (Lipinski definition) is 7. The molecular weight excluding hydrogens is 410 g/mol. The average molecular weight is 433 g/mol. The summed E-state index contributed by atoms with van der Waals surface area (Å²) >= 11 is 0. The number of hydrogen-bond donors (Lipinski definition) is 2. The van der Waals surface area contributed by atoms with E-state index in [1.54, 1.807) is 42.6 Å². The molecule has 3 rings (SSSR count). The van der Waals surface area contributed by atoms with Crippen LogP contribution in [0.15, 0.2) is 66.9 Å². The van der Waals surface area contributed by atoms with E-state index in [9.17, 15) is 14.4 Å². The molecular formula is C24H23N3O5. The van der Waals surface area contributed by atoms with Crippen LogP contribution in [0.1, 0.15) is 34.6 Å². The van der Waals surface area contributed by atoms with Crippen LogP contribution >= 0.6 is 0 Å². The van der Waals surface area contributed by atoms with Crippen LogP contribution in [-0.4, -0.2) is 35.9 Å². The SMILES string of the molecule is CCOc1ccc(Nc2ncccc2C(=O)OCC(=O)c2ccc(NC(C)=O)cc2)cc1. The van der Waals surface area contributed by atoms with Gasteiger partial charge in [0.25, 0.3) is 0 Å². The second kappa shape index (κ2) is 10.7. The predicted octanol–water partition coefficient (Wildman–Crippen LogP) is 4.22. The van der Waals surface area contributed by atoms with Gasteiger partial charge < -0.3 is 20.1 Å². The second-order valence-electron chi connectivity index (χ2n) is 6.74. The maximum Gasteiger partial charge on any atom is 0.342 e. The lowest BCUT2D eigenvalue weighted by Gasteiger charge is -2.11. The van der Waals surface area contributed by atoms with Crippen molar-refractivity contribution in [3.05, 3.63) is 78.0 Å². The summed E-state index contributed by atoms with van der Waals surface area (Å²) in [4.78, 5) is 40.2. The van der Waals surface area contributed by atoms with Gasteiger partial charge in [-0.15, -0.1) is 0 Å². The van der Waals surface area contributed by atoms with E-state index in [1.807, 2.05) is 31.2 Å². The number of aromatic nitrogens is 1. The molecule has 0 unspecified atom stereocenters. The molecule has 2 N–H and O–H groups in total. The Bertz CT molecular complexity index is 1100. The number of ketones is 1. The maximum absolute atomic E-state index is 12.6. The number of anilines is 3. The molecule has 2 aromatic carbocycles. The molecule has 0 radical (unpaired) electrons. The van der Waals surface area contributed by atoms with Crippen LogP contribution in [0, 0.1) is 0 Å². The van der Waals surface area contributed by atoms with Crippen molar-refractivity contribution in [2.45, 2.75) is 13.8 Å². The summed E-state index contributed by atoms with van der Waals surface area (Å²) in [7, 11) is 0. The lowest BCUT2D eigenvalue weighted by atomic mass is 10.1. The number of pyridine rings is 1. The van der Waals surface area contributed by atoms with Crippen LogP contribution < -0.4 is 15.4 Å². The molecule has 0 aliphatic rings. The van der Waals surface area contributed by atoms with Crippen LogP contribution in [0.2, 0.25) is 0 Å². The van der Waals surface area contributed by atoms with Crippen molar-refractivity contribution in [1.29, 1.82) is 0 Å². The summed E-state index contributed by atoms with van der Waals surface area (Å²) in [6.07, 6.45) is 1.55. The van der Waals surface area contributed by atoms with Crippen molar-refractivity contribution in [3.8, 4) is 5.75 Å². The number of Topliss-reactive ketones (excluding diaryl/α,β-unsaturated/α-hetero) is 1. The topological polar surface area (TPSA) is 107 Å². The number of carbonyl (C=O) groups is 3. The average Bonchev–Trinajstić information content (AvgIpc) is 2.79. The minimum Gasteiger partial charge on any atom is -0.494 e. The molecule has 0 aliphatic heterocycles. The lowest BCUT2D eigenvalue weighted by Crippen LogP contribution is -2.16. The summed E-state index contributed by atoms with van der Waals surface area (Å²) < 4.78 is 10.6. The zero-order chi connectivity index (χ0) is 22.9.